The lowest BCUT2D eigenvalue weighted by atomic mass is 10.1. The van der Waals surface area contributed by atoms with E-state index in [1.165, 1.54) is 12.1 Å². The van der Waals surface area contributed by atoms with Gasteiger partial charge in [-0.15, -0.1) is 0 Å². The zero-order valence-electron chi connectivity index (χ0n) is 7.23. The highest BCUT2D eigenvalue weighted by atomic mass is 16.4. The van der Waals surface area contributed by atoms with Crippen molar-refractivity contribution in [3.8, 4) is 11.5 Å². The summed E-state index contributed by atoms with van der Waals surface area (Å²) in [6, 6.07) is 4.30. The third-order valence-corrected chi connectivity index (χ3v) is 1.69. The maximum absolute atomic E-state index is 9.34. The molecule has 1 aromatic carbocycles. The number of hydrogen-bond donors (Lipinski definition) is 3. The first-order valence-corrected chi connectivity index (χ1v) is 3.82. The number of hydrogen-bond acceptors (Lipinski definition) is 4. The first-order valence-electron chi connectivity index (χ1n) is 3.82. The second-order valence-electron chi connectivity index (χ2n) is 2.83. The summed E-state index contributed by atoms with van der Waals surface area (Å²) < 4.78 is 0. The summed E-state index contributed by atoms with van der Waals surface area (Å²) in [7, 11) is 0. The van der Waals surface area contributed by atoms with Crippen LogP contribution in [-0.4, -0.2) is 21.1 Å². The number of phenolic OH excluding ortho intramolecular Hbond substituents is 2. The van der Waals surface area contributed by atoms with E-state index in [1.54, 1.807) is 13.0 Å². The Kier molecular flexibility index (Phi) is 2.74. The Morgan fingerprint density at radius 3 is 2.62 bits per heavy atom. The van der Waals surface area contributed by atoms with Gasteiger partial charge in [-0.05, 0) is 18.6 Å². The predicted molar refractivity (Wildman–Crippen MR) is 48.4 cm³/mol. The molecule has 0 heterocycles. The highest BCUT2D eigenvalue weighted by molar-refractivity contribution is 5.84. The zero-order valence-corrected chi connectivity index (χ0v) is 7.23. The van der Waals surface area contributed by atoms with E-state index < -0.39 is 0 Å². The van der Waals surface area contributed by atoms with Crippen LogP contribution in [0.25, 0.3) is 0 Å². The second-order valence-corrected chi connectivity index (χ2v) is 2.83. The molecule has 0 aliphatic rings. The smallest absolute Gasteiger partial charge is 0.122 e. The Balaban J connectivity index is 2.90. The molecule has 1 rings (SSSR count). The van der Waals surface area contributed by atoms with Crippen molar-refractivity contribution >= 4 is 5.71 Å². The summed E-state index contributed by atoms with van der Waals surface area (Å²) in [5.41, 5.74) is 1.12. The van der Waals surface area contributed by atoms with Gasteiger partial charge in [-0.2, -0.15) is 0 Å². The molecule has 0 fully saturated rings. The predicted octanol–water partition coefficient (Wildman–Crippen LogP) is 1.49. The van der Waals surface area contributed by atoms with Crippen molar-refractivity contribution in [2.75, 3.05) is 0 Å². The number of oxime groups is 1. The lowest BCUT2D eigenvalue weighted by Gasteiger charge is -2.03. The van der Waals surface area contributed by atoms with E-state index in [-0.39, 0.29) is 11.5 Å². The van der Waals surface area contributed by atoms with Crippen molar-refractivity contribution in [1.29, 1.82) is 0 Å². The quantitative estimate of drug-likeness (QED) is 0.367. The fourth-order valence-electron chi connectivity index (χ4n) is 1.01. The van der Waals surface area contributed by atoms with E-state index in [1.807, 2.05) is 0 Å². The number of benzene rings is 1. The molecular weight excluding hydrogens is 170 g/mol. The molecule has 70 valence electrons. The molecular formula is C9H11NO3. The van der Waals surface area contributed by atoms with Crippen LogP contribution < -0.4 is 0 Å². The van der Waals surface area contributed by atoms with Crippen molar-refractivity contribution in [2.24, 2.45) is 5.16 Å². The van der Waals surface area contributed by atoms with Crippen LogP contribution in [0.15, 0.2) is 23.4 Å². The second kappa shape index (κ2) is 3.80. The van der Waals surface area contributed by atoms with Gasteiger partial charge in [-0.25, -0.2) is 0 Å². The fourth-order valence-corrected chi connectivity index (χ4v) is 1.01. The molecule has 0 saturated carbocycles. The minimum atomic E-state index is 0.00278. The Bertz CT molecular complexity index is 334. The average molecular weight is 181 g/mol. The summed E-state index contributed by atoms with van der Waals surface area (Å²) in [6.45, 7) is 1.65. The maximum Gasteiger partial charge on any atom is 0.122 e. The first-order chi connectivity index (χ1) is 6.13. The van der Waals surface area contributed by atoms with Gasteiger partial charge in [0.05, 0.1) is 5.71 Å². The highest BCUT2D eigenvalue weighted by Gasteiger charge is 2.03. The molecule has 0 aromatic heterocycles. The van der Waals surface area contributed by atoms with Gasteiger partial charge in [0.25, 0.3) is 0 Å². The topological polar surface area (TPSA) is 73.0 Å². The van der Waals surface area contributed by atoms with E-state index in [9.17, 15) is 5.11 Å². The van der Waals surface area contributed by atoms with Crippen LogP contribution >= 0.6 is 0 Å². The fraction of sp³-hybridized carbons (Fsp3) is 0.222. The molecule has 0 aliphatic heterocycles. The molecule has 0 bridgehead atoms. The molecule has 4 nitrogen and oxygen atoms in total. The third-order valence-electron chi connectivity index (χ3n) is 1.69. The van der Waals surface area contributed by atoms with E-state index in [0.29, 0.717) is 17.7 Å². The lowest BCUT2D eigenvalue weighted by molar-refractivity contribution is 0.317. The molecule has 0 radical (unpaired) electrons. The van der Waals surface area contributed by atoms with Crippen LogP contribution in [0.4, 0.5) is 0 Å². The van der Waals surface area contributed by atoms with Gasteiger partial charge in [0.1, 0.15) is 11.5 Å². The van der Waals surface area contributed by atoms with E-state index in [2.05, 4.69) is 5.16 Å². The van der Waals surface area contributed by atoms with Crippen LogP contribution in [0.2, 0.25) is 0 Å². The van der Waals surface area contributed by atoms with E-state index in [4.69, 9.17) is 10.3 Å². The van der Waals surface area contributed by atoms with Crippen LogP contribution in [-0.2, 0) is 6.42 Å². The van der Waals surface area contributed by atoms with Crippen molar-refractivity contribution < 1.29 is 15.4 Å². The number of aromatic hydroxyl groups is 2. The van der Waals surface area contributed by atoms with Crippen LogP contribution in [0.5, 0.6) is 11.5 Å². The van der Waals surface area contributed by atoms with Gasteiger partial charge in [0.15, 0.2) is 0 Å². The van der Waals surface area contributed by atoms with Crippen LogP contribution in [0, 0.1) is 0 Å². The molecule has 0 unspecified atom stereocenters. The molecule has 13 heavy (non-hydrogen) atoms. The van der Waals surface area contributed by atoms with Gasteiger partial charge < -0.3 is 15.4 Å². The van der Waals surface area contributed by atoms with Gasteiger partial charge in [-0.1, -0.05) is 11.2 Å². The molecule has 1 aromatic rings. The summed E-state index contributed by atoms with van der Waals surface area (Å²) >= 11 is 0. The summed E-state index contributed by atoms with van der Waals surface area (Å²) in [6.07, 6.45) is 0.364. The van der Waals surface area contributed by atoms with E-state index >= 15 is 0 Å². The molecule has 0 amide bonds. The summed E-state index contributed by atoms with van der Waals surface area (Å²) in [4.78, 5) is 0. The number of phenols is 2. The molecule has 0 aliphatic carbocycles. The lowest BCUT2D eigenvalue weighted by Crippen LogP contribution is -1.97. The monoisotopic (exact) mass is 181 g/mol. The molecule has 4 heteroatoms. The summed E-state index contributed by atoms with van der Waals surface area (Å²) in [5.74, 6) is 0.0165. The number of nitrogens with zero attached hydrogens (tertiary/aromatic N) is 1. The van der Waals surface area contributed by atoms with Gasteiger partial charge in [0, 0.05) is 12.5 Å². The van der Waals surface area contributed by atoms with Crippen molar-refractivity contribution in [3.05, 3.63) is 23.8 Å². The largest absolute Gasteiger partial charge is 0.508 e. The minimum absolute atomic E-state index is 0.00278. The molecule has 0 spiro atoms. The summed E-state index contributed by atoms with van der Waals surface area (Å²) in [5, 5.41) is 29.7. The van der Waals surface area contributed by atoms with Crippen molar-refractivity contribution in [2.45, 2.75) is 13.3 Å². The van der Waals surface area contributed by atoms with Gasteiger partial charge >= 0.3 is 0 Å². The van der Waals surface area contributed by atoms with Crippen LogP contribution in [0.1, 0.15) is 12.5 Å². The van der Waals surface area contributed by atoms with Gasteiger partial charge in [0.2, 0.25) is 0 Å². The highest BCUT2D eigenvalue weighted by Crippen LogP contribution is 2.22. The Morgan fingerprint density at radius 2 is 2.08 bits per heavy atom. The number of rotatable bonds is 2. The van der Waals surface area contributed by atoms with Crippen molar-refractivity contribution in [1.82, 2.24) is 0 Å². The Labute approximate surface area is 75.8 Å². The first kappa shape index (κ1) is 9.38. The zero-order chi connectivity index (χ0) is 9.84. The Hall–Kier alpha value is -1.71. The van der Waals surface area contributed by atoms with Crippen LogP contribution in [0.3, 0.4) is 0 Å². The van der Waals surface area contributed by atoms with Gasteiger partial charge in [-0.3, -0.25) is 0 Å². The average Bonchev–Trinajstić information content (AvgIpc) is 2.09. The standard InChI is InChI=1S/C9H11NO3/c1-6(10-13)4-7-2-3-8(11)5-9(7)12/h2-3,5,11-13H,4H2,1H3/b10-6+. The maximum atomic E-state index is 9.34. The molecule has 3 N–H and O–H groups in total. The normalized spacial score (nSPS) is 11.6. The Morgan fingerprint density at radius 1 is 1.38 bits per heavy atom. The third kappa shape index (κ3) is 2.37. The SMILES string of the molecule is C/C(Cc1ccc(O)cc1O)=N\O. The minimum Gasteiger partial charge on any atom is -0.508 e. The van der Waals surface area contributed by atoms with E-state index in [0.717, 1.165) is 0 Å². The molecule has 0 atom stereocenters. The van der Waals surface area contributed by atoms with Crippen molar-refractivity contribution in [3.63, 3.8) is 0 Å². The molecule has 0 saturated heterocycles.